The molecule has 7 heteroatoms. The molecule has 1 aromatic heterocycles. The molecule has 19 heavy (non-hydrogen) atoms. The number of piperazine rings is 1. The summed E-state index contributed by atoms with van der Waals surface area (Å²) in [4.78, 5) is 22.5. The van der Waals surface area contributed by atoms with Crippen molar-refractivity contribution in [1.82, 2.24) is 20.6 Å². The third-order valence-electron chi connectivity index (χ3n) is 3.36. The van der Waals surface area contributed by atoms with Gasteiger partial charge in [0.15, 0.2) is 0 Å². The summed E-state index contributed by atoms with van der Waals surface area (Å²) in [5.41, 5.74) is 6.24. The highest BCUT2D eigenvalue weighted by atomic mass is 16.1. The predicted octanol–water partition coefficient (Wildman–Crippen LogP) is -0.639. The van der Waals surface area contributed by atoms with Crippen molar-refractivity contribution >= 4 is 17.7 Å². The Morgan fingerprint density at radius 3 is 2.79 bits per heavy atom. The number of hydrogen-bond donors (Lipinski definition) is 3. The number of nitrogens with two attached hydrogens (primary N) is 1. The molecule has 0 radical (unpaired) electrons. The van der Waals surface area contributed by atoms with Crippen molar-refractivity contribution in [3.05, 3.63) is 11.8 Å². The average Bonchev–Trinajstić information content (AvgIpc) is 3.23. The van der Waals surface area contributed by atoms with Crippen LogP contribution in [0.4, 0.5) is 11.8 Å². The maximum absolute atomic E-state index is 11.9. The molecule has 2 heterocycles. The number of nitrogens with zero attached hydrogens (tertiary/aromatic N) is 3. The van der Waals surface area contributed by atoms with E-state index < -0.39 is 0 Å². The maximum atomic E-state index is 11.9. The van der Waals surface area contributed by atoms with Crippen LogP contribution in [0.25, 0.3) is 0 Å². The third kappa shape index (κ3) is 2.76. The standard InChI is InChI=1S/C12H18N6O/c13-10-9(11(19)16-8-1-2-8)7-15-12(17-10)18-5-3-14-4-6-18/h7-8,14H,1-6H2,(H,16,19)(H2,13,15,17). The maximum Gasteiger partial charge on any atom is 0.256 e. The van der Waals surface area contributed by atoms with Crippen LogP contribution in [0.1, 0.15) is 23.2 Å². The summed E-state index contributed by atoms with van der Waals surface area (Å²) in [5.74, 6) is 0.676. The van der Waals surface area contributed by atoms with Crippen molar-refractivity contribution in [2.24, 2.45) is 0 Å². The SMILES string of the molecule is Nc1nc(N2CCNCC2)ncc1C(=O)NC1CC1. The van der Waals surface area contributed by atoms with Gasteiger partial charge in [-0.25, -0.2) is 4.98 Å². The van der Waals surface area contributed by atoms with E-state index in [-0.39, 0.29) is 11.7 Å². The smallest absolute Gasteiger partial charge is 0.256 e. The van der Waals surface area contributed by atoms with Crippen LogP contribution in [0.5, 0.6) is 0 Å². The number of hydrogen-bond acceptors (Lipinski definition) is 6. The molecule has 1 aliphatic carbocycles. The largest absolute Gasteiger partial charge is 0.383 e. The average molecular weight is 262 g/mol. The highest BCUT2D eigenvalue weighted by Gasteiger charge is 2.25. The topological polar surface area (TPSA) is 96.2 Å². The molecule has 7 nitrogen and oxygen atoms in total. The summed E-state index contributed by atoms with van der Waals surface area (Å²) in [7, 11) is 0. The van der Waals surface area contributed by atoms with Gasteiger partial charge >= 0.3 is 0 Å². The summed E-state index contributed by atoms with van der Waals surface area (Å²) >= 11 is 0. The number of nitrogen functional groups attached to an aromatic ring is 1. The van der Waals surface area contributed by atoms with Crippen LogP contribution in [-0.2, 0) is 0 Å². The molecule has 1 aromatic rings. The summed E-state index contributed by atoms with van der Waals surface area (Å²) in [6.45, 7) is 3.53. The number of carbonyl (C=O) groups excluding carboxylic acids is 1. The van der Waals surface area contributed by atoms with Gasteiger partial charge in [0, 0.05) is 38.4 Å². The lowest BCUT2D eigenvalue weighted by molar-refractivity contribution is 0.0951. The second-order valence-corrected chi connectivity index (χ2v) is 4.95. The second kappa shape index (κ2) is 5.00. The molecule has 1 saturated heterocycles. The van der Waals surface area contributed by atoms with E-state index in [4.69, 9.17) is 5.73 Å². The van der Waals surface area contributed by atoms with Crippen LogP contribution >= 0.6 is 0 Å². The van der Waals surface area contributed by atoms with E-state index in [0.29, 0.717) is 17.6 Å². The zero-order valence-electron chi connectivity index (χ0n) is 10.7. The van der Waals surface area contributed by atoms with Crippen molar-refractivity contribution in [2.75, 3.05) is 36.8 Å². The molecule has 0 spiro atoms. The molecule has 0 unspecified atom stereocenters. The fraction of sp³-hybridized carbons (Fsp3) is 0.583. The van der Waals surface area contributed by atoms with Crippen LogP contribution in [-0.4, -0.2) is 48.1 Å². The first-order valence-electron chi connectivity index (χ1n) is 6.63. The minimum Gasteiger partial charge on any atom is -0.383 e. The van der Waals surface area contributed by atoms with Crippen LogP contribution in [0.15, 0.2) is 6.20 Å². The fourth-order valence-electron chi connectivity index (χ4n) is 2.07. The van der Waals surface area contributed by atoms with E-state index in [1.807, 2.05) is 0 Å². The predicted molar refractivity (Wildman–Crippen MR) is 72.0 cm³/mol. The number of amides is 1. The van der Waals surface area contributed by atoms with E-state index in [1.54, 1.807) is 0 Å². The van der Waals surface area contributed by atoms with Gasteiger partial charge in [0.25, 0.3) is 5.91 Å². The van der Waals surface area contributed by atoms with Gasteiger partial charge in [-0.05, 0) is 12.8 Å². The Balaban J connectivity index is 1.74. The Morgan fingerprint density at radius 2 is 2.16 bits per heavy atom. The fourth-order valence-corrected chi connectivity index (χ4v) is 2.07. The van der Waals surface area contributed by atoms with Gasteiger partial charge < -0.3 is 21.3 Å². The first kappa shape index (κ1) is 12.2. The molecule has 1 amide bonds. The lowest BCUT2D eigenvalue weighted by Gasteiger charge is -2.27. The Kier molecular flexibility index (Phi) is 3.20. The Bertz CT molecular complexity index is 481. The zero-order valence-corrected chi connectivity index (χ0v) is 10.7. The number of rotatable bonds is 3. The highest BCUT2D eigenvalue weighted by Crippen LogP contribution is 2.20. The zero-order chi connectivity index (χ0) is 13.2. The Hall–Kier alpha value is -1.89. The van der Waals surface area contributed by atoms with Gasteiger partial charge in [-0.15, -0.1) is 0 Å². The molecule has 4 N–H and O–H groups in total. The molecule has 1 aliphatic heterocycles. The summed E-state index contributed by atoms with van der Waals surface area (Å²) < 4.78 is 0. The van der Waals surface area contributed by atoms with Crippen LogP contribution in [0.2, 0.25) is 0 Å². The van der Waals surface area contributed by atoms with Crippen LogP contribution in [0, 0.1) is 0 Å². The summed E-state index contributed by atoms with van der Waals surface area (Å²) in [6, 6.07) is 0.305. The quantitative estimate of drug-likeness (QED) is 0.670. The van der Waals surface area contributed by atoms with E-state index in [2.05, 4.69) is 25.5 Å². The second-order valence-electron chi connectivity index (χ2n) is 4.95. The van der Waals surface area contributed by atoms with Gasteiger partial charge in [-0.1, -0.05) is 0 Å². The normalized spacial score (nSPS) is 19.3. The molecular formula is C12H18N6O. The molecule has 2 aliphatic rings. The first-order valence-corrected chi connectivity index (χ1v) is 6.63. The van der Waals surface area contributed by atoms with E-state index in [9.17, 15) is 4.79 Å². The van der Waals surface area contributed by atoms with Gasteiger partial charge in [-0.3, -0.25) is 4.79 Å². The summed E-state index contributed by atoms with van der Waals surface area (Å²) in [5, 5.41) is 6.15. The van der Waals surface area contributed by atoms with Gasteiger partial charge in [-0.2, -0.15) is 4.98 Å². The molecule has 0 aromatic carbocycles. The number of nitrogens with one attached hydrogen (secondary N) is 2. The molecule has 3 rings (SSSR count). The summed E-state index contributed by atoms with van der Waals surface area (Å²) in [6.07, 6.45) is 3.62. The van der Waals surface area contributed by atoms with Crippen LogP contribution < -0.4 is 21.3 Å². The van der Waals surface area contributed by atoms with Crippen molar-refractivity contribution in [3.8, 4) is 0 Å². The molecule has 0 bridgehead atoms. The molecular weight excluding hydrogens is 244 g/mol. The third-order valence-corrected chi connectivity index (χ3v) is 3.36. The number of carbonyl (C=O) groups is 1. The first-order chi connectivity index (χ1) is 9.24. The van der Waals surface area contributed by atoms with Gasteiger partial charge in [0.1, 0.15) is 5.82 Å². The van der Waals surface area contributed by atoms with Crippen LogP contribution in [0.3, 0.4) is 0 Å². The van der Waals surface area contributed by atoms with E-state index >= 15 is 0 Å². The van der Waals surface area contributed by atoms with Crippen molar-refractivity contribution < 1.29 is 4.79 Å². The van der Waals surface area contributed by atoms with E-state index in [0.717, 1.165) is 39.0 Å². The van der Waals surface area contributed by atoms with Gasteiger partial charge in [0.05, 0.1) is 5.56 Å². The van der Waals surface area contributed by atoms with Crippen molar-refractivity contribution in [3.63, 3.8) is 0 Å². The van der Waals surface area contributed by atoms with E-state index in [1.165, 1.54) is 6.20 Å². The molecule has 0 atom stereocenters. The van der Waals surface area contributed by atoms with Crippen molar-refractivity contribution in [2.45, 2.75) is 18.9 Å². The molecule has 1 saturated carbocycles. The Labute approximate surface area is 111 Å². The monoisotopic (exact) mass is 262 g/mol. The highest BCUT2D eigenvalue weighted by molar-refractivity contribution is 5.98. The number of aromatic nitrogens is 2. The lowest BCUT2D eigenvalue weighted by Crippen LogP contribution is -2.44. The minimum atomic E-state index is -0.174. The Morgan fingerprint density at radius 1 is 1.42 bits per heavy atom. The molecule has 2 fully saturated rings. The lowest BCUT2D eigenvalue weighted by atomic mass is 10.3. The number of anilines is 2. The molecule has 102 valence electrons. The minimum absolute atomic E-state index is 0.174. The van der Waals surface area contributed by atoms with Crippen molar-refractivity contribution in [1.29, 1.82) is 0 Å². The van der Waals surface area contributed by atoms with Gasteiger partial charge in [0.2, 0.25) is 5.95 Å².